The van der Waals surface area contributed by atoms with Crippen molar-refractivity contribution in [2.45, 2.75) is 19.9 Å². The quantitative estimate of drug-likeness (QED) is 0.750. The van der Waals surface area contributed by atoms with Gasteiger partial charge in [-0.1, -0.05) is 24.1 Å². The maximum Gasteiger partial charge on any atom is 0.238 e. The molecule has 3 heteroatoms. The van der Waals surface area contributed by atoms with Crippen molar-refractivity contribution in [3.63, 3.8) is 0 Å². The summed E-state index contributed by atoms with van der Waals surface area (Å²) in [6.45, 7) is 4.01. The van der Waals surface area contributed by atoms with Gasteiger partial charge in [-0.2, -0.15) is 0 Å². The molecular weight excluding hydrogens is 200 g/mol. The Labute approximate surface area is 96.2 Å². The number of benzene rings is 1. The van der Waals surface area contributed by atoms with E-state index in [4.69, 9.17) is 6.42 Å². The third kappa shape index (κ3) is 3.76. The molecule has 1 aromatic carbocycles. The number of amides is 1. The molecule has 0 fully saturated rings. The summed E-state index contributed by atoms with van der Waals surface area (Å²) in [6.07, 6.45) is 5.19. The zero-order chi connectivity index (χ0) is 12.0. The number of para-hydroxylation sites is 1. The second kappa shape index (κ2) is 5.94. The maximum atomic E-state index is 11.5. The van der Waals surface area contributed by atoms with Crippen LogP contribution in [0.25, 0.3) is 0 Å². The van der Waals surface area contributed by atoms with E-state index >= 15 is 0 Å². The summed E-state index contributed by atoms with van der Waals surface area (Å²) in [4.78, 5) is 11.5. The molecule has 0 spiro atoms. The van der Waals surface area contributed by atoms with Crippen LogP contribution in [0.2, 0.25) is 0 Å². The molecule has 2 N–H and O–H groups in total. The average Bonchev–Trinajstić information content (AvgIpc) is 2.29. The van der Waals surface area contributed by atoms with Gasteiger partial charge in [0.05, 0.1) is 12.6 Å². The molecule has 0 saturated carbocycles. The van der Waals surface area contributed by atoms with Crippen LogP contribution < -0.4 is 10.6 Å². The van der Waals surface area contributed by atoms with E-state index in [1.54, 1.807) is 0 Å². The van der Waals surface area contributed by atoms with Crippen LogP contribution in [-0.2, 0) is 4.79 Å². The second-order valence-electron chi connectivity index (χ2n) is 3.63. The van der Waals surface area contributed by atoms with Gasteiger partial charge in [0, 0.05) is 5.69 Å². The van der Waals surface area contributed by atoms with Crippen molar-refractivity contribution in [2.24, 2.45) is 0 Å². The summed E-state index contributed by atoms with van der Waals surface area (Å²) in [6, 6.07) is 7.55. The number of hydrogen-bond acceptors (Lipinski definition) is 2. The predicted octanol–water partition coefficient (Wildman–Crippen LogP) is 1.54. The van der Waals surface area contributed by atoms with Crippen LogP contribution in [0.5, 0.6) is 0 Å². The fraction of sp³-hybridized carbons (Fsp3) is 0.308. The molecule has 1 rings (SSSR count). The Bertz CT molecular complexity index is 407. The SMILES string of the molecule is C#CC(C)NCC(=O)Nc1ccccc1C. The van der Waals surface area contributed by atoms with Gasteiger partial charge in [-0.3, -0.25) is 10.1 Å². The number of carbonyl (C=O) groups is 1. The van der Waals surface area contributed by atoms with Gasteiger partial charge in [0.25, 0.3) is 0 Å². The third-order valence-corrected chi connectivity index (χ3v) is 2.24. The van der Waals surface area contributed by atoms with Gasteiger partial charge < -0.3 is 5.32 Å². The molecule has 0 aliphatic heterocycles. The van der Waals surface area contributed by atoms with E-state index < -0.39 is 0 Å². The van der Waals surface area contributed by atoms with E-state index in [0.717, 1.165) is 11.3 Å². The standard InChI is InChI=1S/C13H16N2O/c1-4-11(3)14-9-13(16)15-12-8-6-5-7-10(12)2/h1,5-8,11,14H,9H2,2-3H3,(H,15,16). The van der Waals surface area contributed by atoms with Crippen molar-refractivity contribution in [2.75, 3.05) is 11.9 Å². The fourth-order valence-corrected chi connectivity index (χ4v) is 1.21. The second-order valence-corrected chi connectivity index (χ2v) is 3.63. The summed E-state index contributed by atoms with van der Waals surface area (Å²) in [5.74, 6) is 2.42. The third-order valence-electron chi connectivity index (χ3n) is 2.24. The highest BCUT2D eigenvalue weighted by Gasteiger charge is 2.04. The summed E-state index contributed by atoms with van der Waals surface area (Å²) < 4.78 is 0. The van der Waals surface area contributed by atoms with Crippen molar-refractivity contribution < 1.29 is 4.79 Å². The van der Waals surface area contributed by atoms with Crippen LogP contribution in [0.3, 0.4) is 0 Å². The largest absolute Gasteiger partial charge is 0.325 e. The van der Waals surface area contributed by atoms with Gasteiger partial charge in [-0.15, -0.1) is 6.42 Å². The van der Waals surface area contributed by atoms with Crippen molar-refractivity contribution >= 4 is 11.6 Å². The Morgan fingerprint density at radius 2 is 2.19 bits per heavy atom. The van der Waals surface area contributed by atoms with Crippen LogP contribution in [0, 0.1) is 19.3 Å². The van der Waals surface area contributed by atoms with Crippen molar-refractivity contribution in [3.05, 3.63) is 29.8 Å². The van der Waals surface area contributed by atoms with Crippen LogP contribution >= 0.6 is 0 Å². The monoisotopic (exact) mass is 216 g/mol. The Morgan fingerprint density at radius 3 is 2.81 bits per heavy atom. The Morgan fingerprint density at radius 1 is 1.50 bits per heavy atom. The smallest absolute Gasteiger partial charge is 0.238 e. The van der Waals surface area contributed by atoms with Crippen molar-refractivity contribution in [1.29, 1.82) is 0 Å². The molecule has 3 nitrogen and oxygen atoms in total. The maximum absolute atomic E-state index is 11.5. The molecule has 1 amide bonds. The number of anilines is 1. The van der Waals surface area contributed by atoms with Crippen LogP contribution in [0.4, 0.5) is 5.69 Å². The first-order valence-electron chi connectivity index (χ1n) is 5.18. The summed E-state index contributed by atoms with van der Waals surface area (Å²) >= 11 is 0. The highest BCUT2D eigenvalue weighted by molar-refractivity contribution is 5.92. The zero-order valence-corrected chi connectivity index (χ0v) is 9.58. The Hall–Kier alpha value is -1.79. The average molecular weight is 216 g/mol. The number of rotatable bonds is 4. The van der Waals surface area contributed by atoms with Gasteiger partial charge in [0.2, 0.25) is 5.91 Å². The molecule has 0 heterocycles. The van der Waals surface area contributed by atoms with Gasteiger partial charge in [-0.25, -0.2) is 0 Å². The first-order chi connectivity index (χ1) is 7.63. The number of nitrogens with one attached hydrogen (secondary N) is 2. The van der Waals surface area contributed by atoms with Gasteiger partial charge in [0.15, 0.2) is 0 Å². The van der Waals surface area contributed by atoms with E-state index in [0.29, 0.717) is 0 Å². The number of hydrogen-bond donors (Lipinski definition) is 2. The molecule has 0 radical (unpaired) electrons. The number of carbonyl (C=O) groups excluding carboxylic acids is 1. The highest BCUT2D eigenvalue weighted by Crippen LogP contribution is 2.12. The molecule has 1 aromatic rings. The summed E-state index contributed by atoms with van der Waals surface area (Å²) in [5, 5.41) is 5.74. The lowest BCUT2D eigenvalue weighted by molar-refractivity contribution is -0.115. The molecular formula is C13H16N2O. The molecule has 0 aliphatic rings. The summed E-state index contributed by atoms with van der Waals surface area (Å²) in [5.41, 5.74) is 1.88. The number of aryl methyl sites for hydroxylation is 1. The van der Waals surface area contributed by atoms with E-state index in [1.807, 2.05) is 38.1 Å². The lowest BCUT2D eigenvalue weighted by atomic mass is 10.2. The van der Waals surface area contributed by atoms with Crippen molar-refractivity contribution in [1.82, 2.24) is 5.32 Å². The first kappa shape index (κ1) is 12.3. The fourth-order valence-electron chi connectivity index (χ4n) is 1.21. The van der Waals surface area contributed by atoms with Gasteiger partial charge >= 0.3 is 0 Å². The van der Waals surface area contributed by atoms with Crippen LogP contribution in [0.1, 0.15) is 12.5 Å². The molecule has 0 saturated heterocycles. The van der Waals surface area contributed by atoms with Gasteiger partial charge in [0.1, 0.15) is 0 Å². The van der Waals surface area contributed by atoms with Crippen LogP contribution in [0.15, 0.2) is 24.3 Å². The number of terminal acetylenes is 1. The molecule has 1 atom stereocenters. The Kier molecular flexibility index (Phi) is 4.56. The summed E-state index contributed by atoms with van der Waals surface area (Å²) in [7, 11) is 0. The van der Waals surface area contributed by atoms with E-state index in [2.05, 4.69) is 16.6 Å². The van der Waals surface area contributed by atoms with E-state index in [1.165, 1.54) is 0 Å². The minimum absolute atomic E-state index is 0.0867. The first-order valence-corrected chi connectivity index (χ1v) is 5.18. The Balaban J connectivity index is 2.47. The predicted molar refractivity (Wildman–Crippen MR) is 66.1 cm³/mol. The molecule has 0 bridgehead atoms. The molecule has 1 unspecified atom stereocenters. The van der Waals surface area contributed by atoms with Crippen LogP contribution in [-0.4, -0.2) is 18.5 Å². The molecule has 0 aromatic heterocycles. The minimum Gasteiger partial charge on any atom is -0.325 e. The topological polar surface area (TPSA) is 41.1 Å². The van der Waals surface area contributed by atoms with Crippen molar-refractivity contribution in [3.8, 4) is 12.3 Å². The van der Waals surface area contributed by atoms with Gasteiger partial charge in [-0.05, 0) is 25.5 Å². The highest BCUT2D eigenvalue weighted by atomic mass is 16.1. The molecule has 84 valence electrons. The molecule has 16 heavy (non-hydrogen) atoms. The lowest BCUT2D eigenvalue weighted by Gasteiger charge is -2.10. The minimum atomic E-state index is -0.0948. The van der Waals surface area contributed by atoms with E-state index in [-0.39, 0.29) is 18.5 Å². The molecule has 0 aliphatic carbocycles. The zero-order valence-electron chi connectivity index (χ0n) is 9.58. The van der Waals surface area contributed by atoms with E-state index in [9.17, 15) is 4.79 Å². The lowest BCUT2D eigenvalue weighted by Crippen LogP contribution is -2.33. The normalized spacial score (nSPS) is 11.6.